The van der Waals surface area contributed by atoms with Crippen LogP contribution in [-0.4, -0.2) is 5.91 Å². The molecular weight excluding hydrogens is 298 g/mol. The van der Waals surface area contributed by atoms with Crippen molar-refractivity contribution in [2.24, 2.45) is 11.7 Å². The lowest BCUT2D eigenvalue weighted by Gasteiger charge is -2.28. The third-order valence-electron chi connectivity index (χ3n) is 5.23. The Hall–Kier alpha value is -2.33. The van der Waals surface area contributed by atoms with E-state index in [1.165, 1.54) is 12.8 Å². The van der Waals surface area contributed by atoms with Gasteiger partial charge in [-0.3, -0.25) is 4.79 Å². The Balaban J connectivity index is 1.99. The molecule has 1 aliphatic rings. The molecule has 1 atom stereocenters. The summed E-state index contributed by atoms with van der Waals surface area (Å²) in [6, 6.07) is 13.7. The highest BCUT2D eigenvalue weighted by Gasteiger charge is 2.36. The first-order chi connectivity index (χ1) is 11.4. The highest BCUT2D eigenvalue weighted by atomic mass is 16.1. The molecule has 4 heteroatoms. The molecule has 1 aliphatic carbocycles. The van der Waals surface area contributed by atoms with Crippen LogP contribution in [0.5, 0.6) is 0 Å². The standard InChI is InChI=1S/C20H25N3O/c1-13-2-7-17(12-18(13)21)20(23,11-10-14-3-4-14)16-8-5-15(6-9-16)19(22)24/h2,5-9,12,14H,3-4,10-11,21,23H2,1H3,(H2,22,24)/p+1. The maximum absolute atomic E-state index is 11.3. The molecule has 126 valence electrons. The molecule has 1 fully saturated rings. The molecule has 7 N–H and O–H groups in total. The first kappa shape index (κ1) is 16.5. The van der Waals surface area contributed by atoms with Crippen molar-refractivity contribution < 1.29 is 10.5 Å². The fourth-order valence-electron chi connectivity index (χ4n) is 3.20. The fourth-order valence-corrected chi connectivity index (χ4v) is 3.20. The van der Waals surface area contributed by atoms with E-state index < -0.39 is 5.91 Å². The molecule has 0 spiro atoms. The number of amides is 1. The molecule has 0 saturated heterocycles. The summed E-state index contributed by atoms with van der Waals surface area (Å²) in [5, 5.41) is 0. The average Bonchev–Trinajstić information content (AvgIpc) is 3.39. The van der Waals surface area contributed by atoms with Crippen molar-refractivity contribution >= 4 is 11.6 Å². The molecule has 1 saturated carbocycles. The summed E-state index contributed by atoms with van der Waals surface area (Å²) in [7, 11) is 0. The molecule has 24 heavy (non-hydrogen) atoms. The van der Waals surface area contributed by atoms with Crippen LogP contribution in [-0.2, 0) is 5.54 Å². The van der Waals surface area contributed by atoms with Crippen LogP contribution in [0.2, 0.25) is 0 Å². The molecule has 0 aliphatic heterocycles. The predicted molar refractivity (Wildman–Crippen MR) is 96.2 cm³/mol. The zero-order chi connectivity index (χ0) is 17.3. The summed E-state index contributed by atoms with van der Waals surface area (Å²) in [6.45, 7) is 2.01. The maximum Gasteiger partial charge on any atom is 0.248 e. The highest BCUT2D eigenvalue weighted by Crippen LogP contribution is 2.39. The Morgan fingerprint density at radius 3 is 2.33 bits per heavy atom. The van der Waals surface area contributed by atoms with Crippen LogP contribution in [0, 0.1) is 12.8 Å². The van der Waals surface area contributed by atoms with Crippen molar-refractivity contribution in [3.8, 4) is 0 Å². The predicted octanol–water partition coefficient (Wildman–Crippen LogP) is 2.35. The Morgan fingerprint density at radius 2 is 1.79 bits per heavy atom. The number of quaternary nitrogens is 1. The van der Waals surface area contributed by atoms with E-state index in [2.05, 4.69) is 17.9 Å². The first-order valence-electron chi connectivity index (χ1n) is 8.52. The SMILES string of the molecule is Cc1ccc(C([NH3+])(CCC2CC2)c2ccc(C(N)=O)cc2)cc1N. The van der Waals surface area contributed by atoms with E-state index in [-0.39, 0.29) is 5.54 Å². The normalized spacial score (nSPS) is 16.6. The minimum absolute atomic E-state index is 0.361. The number of carbonyl (C=O) groups is 1. The van der Waals surface area contributed by atoms with Gasteiger partial charge >= 0.3 is 0 Å². The van der Waals surface area contributed by atoms with Gasteiger partial charge in [-0.05, 0) is 43.0 Å². The fraction of sp³-hybridized carbons (Fsp3) is 0.350. The van der Waals surface area contributed by atoms with Crippen molar-refractivity contribution in [1.82, 2.24) is 0 Å². The van der Waals surface area contributed by atoms with Crippen molar-refractivity contribution in [1.29, 1.82) is 0 Å². The van der Waals surface area contributed by atoms with Crippen molar-refractivity contribution in [3.05, 3.63) is 64.7 Å². The molecule has 0 heterocycles. The third kappa shape index (κ3) is 3.29. The van der Waals surface area contributed by atoms with Crippen molar-refractivity contribution in [3.63, 3.8) is 0 Å². The van der Waals surface area contributed by atoms with Crippen LogP contribution in [0.3, 0.4) is 0 Å². The Morgan fingerprint density at radius 1 is 1.17 bits per heavy atom. The van der Waals surface area contributed by atoms with Crippen molar-refractivity contribution in [2.45, 2.75) is 38.1 Å². The number of aryl methyl sites for hydroxylation is 1. The number of nitrogens with two attached hydrogens (primary N) is 2. The largest absolute Gasteiger partial charge is 0.399 e. The summed E-state index contributed by atoms with van der Waals surface area (Å²) in [5.41, 5.74) is 20.3. The molecular formula is C20H26N3O+. The van der Waals surface area contributed by atoms with Crippen molar-refractivity contribution in [2.75, 3.05) is 5.73 Å². The number of carbonyl (C=O) groups excluding carboxylic acids is 1. The van der Waals surface area contributed by atoms with Gasteiger partial charge in [0.1, 0.15) is 5.54 Å². The summed E-state index contributed by atoms with van der Waals surface area (Å²) in [5.74, 6) is 0.424. The summed E-state index contributed by atoms with van der Waals surface area (Å²) in [4.78, 5) is 11.3. The van der Waals surface area contributed by atoms with Gasteiger partial charge in [0.25, 0.3) is 0 Å². The Kier molecular flexibility index (Phi) is 4.33. The van der Waals surface area contributed by atoms with Gasteiger partial charge in [0.2, 0.25) is 5.91 Å². The third-order valence-corrected chi connectivity index (χ3v) is 5.23. The van der Waals surface area contributed by atoms with Crippen LogP contribution in [0.15, 0.2) is 42.5 Å². The second-order valence-corrected chi connectivity index (χ2v) is 7.08. The number of rotatable bonds is 6. The van der Waals surface area contributed by atoms with E-state index >= 15 is 0 Å². The minimum Gasteiger partial charge on any atom is -0.399 e. The Labute approximate surface area is 143 Å². The maximum atomic E-state index is 11.3. The molecule has 4 nitrogen and oxygen atoms in total. The number of nitrogen functional groups attached to an aromatic ring is 1. The zero-order valence-corrected chi connectivity index (χ0v) is 14.2. The van der Waals surface area contributed by atoms with Gasteiger partial charge in [0.05, 0.1) is 0 Å². The number of hydrogen-bond donors (Lipinski definition) is 3. The van der Waals surface area contributed by atoms with E-state index in [4.69, 9.17) is 11.5 Å². The minimum atomic E-state index is -0.409. The topological polar surface area (TPSA) is 96.7 Å². The van der Waals surface area contributed by atoms with Gasteiger partial charge in [-0.15, -0.1) is 0 Å². The number of hydrogen-bond acceptors (Lipinski definition) is 2. The van der Waals surface area contributed by atoms with E-state index in [0.29, 0.717) is 5.56 Å². The van der Waals surface area contributed by atoms with Crippen LogP contribution in [0.1, 0.15) is 52.7 Å². The number of benzene rings is 2. The Bertz CT molecular complexity index is 750. The van der Waals surface area contributed by atoms with Crippen LogP contribution >= 0.6 is 0 Å². The highest BCUT2D eigenvalue weighted by molar-refractivity contribution is 5.92. The zero-order valence-electron chi connectivity index (χ0n) is 14.2. The van der Waals surface area contributed by atoms with Gasteiger partial charge in [0.15, 0.2) is 0 Å². The summed E-state index contributed by atoms with van der Waals surface area (Å²) < 4.78 is 0. The molecule has 1 unspecified atom stereocenters. The second-order valence-electron chi connectivity index (χ2n) is 7.08. The number of anilines is 1. The molecule has 3 rings (SSSR count). The van der Waals surface area contributed by atoms with Gasteiger partial charge < -0.3 is 17.2 Å². The van der Waals surface area contributed by atoms with Crippen LogP contribution < -0.4 is 17.2 Å². The van der Waals surface area contributed by atoms with E-state index in [1.807, 2.05) is 25.1 Å². The number of primary amides is 1. The van der Waals surface area contributed by atoms with Crippen LogP contribution in [0.25, 0.3) is 0 Å². The van der Waals surface area contributed by atoms with E-state index in [0.717, 1.165) is 41.1 Å². The van der Waals surface area contributed by atoms with Gasteiger partial charge in [0, 0.05) is 28.8 Å². The van der Waals surface area contributed by atoms with Gasteiger partial charge in [-0.25, -0.2) is 0 Å². The first-order valence-corrected chi connectivity index (χ1v) is 8.52. The quantitative estimate of drug-likeness (QED) is 0.711. The molecule has 0 aromatic heterocycles. The van der Waals surface area contributed by atoms with Gasteiger partial charge in [-0.2, -0.15) is 0 Å². The molecule has 1 amide bonds. The van der Waals surface area contributed by atoms with Crippen LogP contribution in [0.4, 0.5) is 5.69 Å². The molecule has 2 aromatic rings. The van der Waals surface area contributed by atoms with Gasteiger partial charge in [-0.1, -0.05) is 37.1 Å². The lowest BCUT2D eigenvalue weighted by molar-refractivity contribution is -0.473. The second kappa shape index (κ2) is 6.29. The summed E-state index contributed by atoms with van der Waals surface area (Å²) >= 11 is 0. The smallest absolute Gasteiger partial charge is 0.248 e. The van der Waals surface area contributed by atoms with E-state index in [9.17, 15) is 4.79 Å². The lowest BCUT2D eigenvalue weighted by atomic mass is 9.79. The molecule has 0 bridgehead atoms. The molecule has 0 radical (unpaired) electrons. The summed E-state index contributed by atoms with van der Waals surface area (Å²) in [6.07, 6.45) is 4.78. The van der Waals surface area contributed by atoms with E-state index in [1.54, 1.807) is 12.1 Å². The molecule has 2 aromatic carbocycles. The average molecular weight is 324 g/mol. The lowest BCUT2D eigenvalue weighted by Crippen LogP contribution is -2.70. The monoisotopic (exact) mass is 324 g/mol.